The predicted molar refractivity (Wildman–Crippen MR) is 81.5 cm³/mol. The van der Waals surface area contributed by atoms with Crippen molar-refractivity contribution in [3.05, 3.63) is 29.3 Å². The van der Waals surface area contributed by atoms with Crippen LogP contribution in [-0.2, 0) is 0 Å². The summed E-state index contributed by atoms with van der Waals surface area (Å²) in [6.07, 6.45) is 0. The number of rotatable bonds is 6. The highest BCUT2D eigenvalue weighted by Gasteiger charge is 2.29. The van der Waals surface area contributed by atoms with Gasteiger partial charge in [-0.05, 0) is 45.5 Å². The van der Waals surface area contributed by atoms with E-state index in [0.717, 1.165) is 5.75 Å². The van der Waals surface area contributed by atoms with Gasteiger partial charge >= 0.3 is 0 Å². The highest BCUT2D eigenvalue weighted by atomic mass is 16.5. The Labute approximate surface area is 117 Å². The quantitative estimate of drug-likeness (QED) is 0.858. The maximum Gasteiger partial charge on any atom is 0.123 e. The molecule has 0 heterocycles. The Morgan fingerprint density at radius 3 is 2.32 bits per heavy atom. The van der Waals surface area contributed by atoms with Gasteiger partial charge in [-0.1, -0.05) is 31.5 Å². The Hall–Kier alpha value is -1.06. The predicted octanol–water partition coefficient (Wildman–Crippen LogP) is 2.84. The van der Waals surface area contributed by atoms with E-state index in [1.54, 1.807) is 7.11 Å². The van der Waals surface area contributed by atoms with Crippen molar-refractivity contribution in [2.45, 2.75) is 26.8 Å². The van der Waals surface area contributed by atoms with Gasteiger partial charge in [0, 0.05) is 11.6 Å². The first-order valence-corrected chi connectivity index (χ1v) is 6.93. The van der Waals surface area contributed by atoms with Crippen molar-refractivity contribution in [3.8, 4) is 5.75 Å². The topological polar surface area (TPSA) is 38.5 Å². The van der Waals surface area contributed by atoms with Crippen LogP contribution in [0.1, 0.15) is 31.0 Å². The lowest BCUT2D eigenvalue weighted by molar-refractivity contribution is 0.172. The molecule has 2 atom stereocenters. The van der Waals surface area contributed by atoms with Crippen molar-refractivity contribution < 1.29 is 4.74 Å². The molecule has 108 valence electrons. The van der Waals surface area contributed by atoms with Crippen LogP contribution in [0.2, 0.25) is 0 Å². The van der Waals surface area contributed by atoms with E-state index in [0.29, 0.717) is 18.4 Å². The smallest absolute Gasteiger partial charge is 0.123 e. The minimum Gasteiger partial charge on any atom is -0.496 e. The van der Waals surface area contributed by atoms with Gasteiger partial charge < -0.3 is 15.4 Å². The van der Waals surface area contributed by atoms with Crippen molar-refractivity contribution >= 4 is 0 Å². The van der Waals surface area contributed by atoms with E-state index in [1.165, 1.54) is 11.1 Å². The Morgan fingerprint density at radius 1 is 1.26 bits per heavy atom. The lowest BCUT2D eigenvalue weighted by Gasteiger charge is -2.35. The second-order valence-corrected chi connectivity index (χ2v) is 5.80. The van der Waals surface area contributed by atoms with Crippen molar-refractivity contribution in [2.24, 2.45) is 17.6 Å². The minimum absolute atomic E-state index is 0.278. The number of hydrogen-bond donors (Lipinski definition) is 1. The van der Waals surface area contributed by atoms with E-state index in [2.05, 4.69) is 58.0 Å². The first-order chi connectivity index (χ1) is 8.92. The fourth-order valence-corrected chi connectivity index (χ4v) is 2.74. The van der Waals surface area contributed by atoms with Crippen LogP contribution in [-0.4, -0.2) is 32.6 Å². The number of nitrogens with two attached hydrogens (primary N) is 1. The van der Waals surface area contributed by atoms with E-state index in [4.69, 9.17) is 10.5 Å². The maximum atomic E-state index is 6.01. The second-order valence-electron chi connectivity index (χ2n) is 5.80. The first-order valence-electron chi connectivity index (χ1n) is 6.93. The third-order valence-corrected chi connectivity index (χ3v) is 3.79. The molecule has 0 aliphatic heterocycles. The summed E-state index contributed by atoms with van der Waals surface area (Å²) < 4.78 is 5.54. The van der Waals surface area contributed by atoms with Crippen molar-refractivity contribution in [1.82, 2.24) is 4.90 Å². The van der Waals surface area contributed by atoms with Crippen LogP contribution in [0.3, 0.4) is 0 Å². The van der Waals surface area contributed by atoms with Crippen LogP contribution in [0.5, 0.6) is 5.75 Å². The molecule has 0 aromatic heterocycles. The van der Waals surface area contributed by atoms with E-state index in [-0.39, 0.29) is 6.04 Å². The lowest BCUT2D eigenvalue weighted by Crippen LogP contribution is -2.35. The number of benzene rings is 1. The molecule has 2 N–H and O–H groups in total. The molecule has 0 saturated heterocycles. The normalized spacial score (nSPS) is 14.8. The van der Waals surface area contributed by atoms with Crippen molar-refractivity contribution in [2.75, 3.05) is 27.7 Å². The SMILES string of the molecule is COc1ccc(C)cc1C(C(CN)C(C)C)N(C)C. The Morgan fingerprint density at radius 2 is 1.89 bits per heavy atom. The van der Waals surface area contributed by atoms with Crippen molar-refractivity contribution in [1.29, 1.82) is 0 Å². The zero-order chi connectivity index (χ0) is 14.6. The molecule has 0 amide bonds. The molecule has 1 aromatic carbocycles. The summed E-state index contributed by atoms with van der Waals surface area (Å²) in [6.45, 7) is 7.26. The summed E-state index contributed by atoms with van der Waals surface area (Å²) in [5, 5.41) is 0. The molecule has 0 aliphatic carbocycles. The number of methoxy groups -OCH3 is 1. The Kier molecular flexibility index (Phi) is 5.83. The maximum absolute atomic E-state index is 6.01. The number of ether oxygens (including phenoxy) is 1. The summed E-state index contributed by atoms with van der Waals surface area (Å²) in [4.78, 5) is 2.24. The molecule has 3 heteroatoms. The summed E-state index contributed by atoms with van der Waals surface area (Å²) in [5.74, 6) is 1.89. The molecule has 0 bridgehead atoms. The number of aryl methyl sites for hydroxylation is 1. The summed E-state index contributed by atoms with van der Waals surface area (Å²) >= 11 is 0. The van der Waals surface area contributed by atoms with Crippen LogP contribution in [0.25, 0.3) is 0 Å². The van der Waals surface area contributed by atoms with Crippen LogP contribution in [0, 0.1) is 18.8 Å². The van der Waals surface area contributed by atoms with Gasteiger partial charge in [0.25, 0.3) is 0 Å². The summed E-state index contributed by atoms with van der Waals surface area (Å²) in [5.41, 5.74) is 8.50. The van der Waals surface area contributed by atoms with Gasteiger partial charge in [-0.3, -0.25) is 0 Å². The molecule has 0 aliphatic rings. The summed E-state index contributed by atoms with van der Waals surface area (Å²) in [6, 6.07) is 6.63. The molecule has 3 nitrogen and oxygen atoms in total. The first kappa shape index (κ1) is 16.0. The van der Waals surface area contributed by atoms with Gasteiger partial charge in [0.05, 0.1) is 7.11 Å². The van der Waals surface area contributed by atoms with Crippen LogP contribution < -0.4 is 10.5 Å². The van der Waals surface area contributed by atoms with Gasteiger partial charge in [0.1, 0.15) is 5.75 Å². The number of hydrogen-bond acceptors (Lipinski definition) is 3. The van der Waals surface area contributed by atoms with Gasteiger partial charge in [0.15, 0.2) is 0 Å². The van der Waals surface area contributed by atoms with E-state index < -0.39 is 0 Å². The molecule has 2 unspecified atom stereocenters. The zero-order valence-corrected chi connectivity index (χ0v) is 13.1. The van der Waals surface area contributed by atoms with Crippen LogP contribution in [0.4, 0.5) is 0 Å². The standard InChI is InChI=1S/C16H28N2O/c1-11(2)14(10-17)16(18(4)5)13-9-12(3)7-8-15(13)19-6/h7-9,11,14,16H,10,17H2,1-6H3. The minimum atomic E-state index is 0.278. The molecular weight excluding hydrogens is 236 g/mol. The Balaban J connectivity index is 3.29. The van der Waals surface area contributed by atoms with Crippen LogP contribution >= 0.6 is 0 Å². The highest BCUT2D eigenvalue weighted by Crippen LogP contribution is 2.37. The molecule has 1 rings (SSSR count). The van der Waals surface area contributed by atoms with Gasteiger partial charge in [0.2, 0.25) is 0 Å². The average molecular weight is 264 g/mol. The fraction of sp³-hybridized carbons (Fsp3) is 0.625. The average Bonchev–Trinajstić information content (AvgIpc) is 2.34. The molecule has 1 aromatic rings. The zero-order valence-electron chi connectivity index (χ0n) is 13.1. The summed E-state index contributed by atoms with van der Waals surface area (Å²) in [7, 11) is 5.95. The molecule has 0 spiro atoms. The van der Waals surface area contributed by atoms with Gasteiger partial charge in [-0.2, -0.15) is 0 Å². The third kappa shape index (κ3) is 3.71. The van der Waals surface area contributed by atoms with Gasteiger partial charge in [-0.15, -0.1) is 0 Å². The molecular formula is C16H28N2O. The lowest BCUT2D eigenvalue weighted by atomic mass is 9.83. The third-order valence-electron chi connectivity index (χ3n) is 3.79. The van der Waals surface area contributed by atoms with E-state index in [1.807, 2.05) is 0 Å². The molecule has 0 radical (unpaired) electrons. The number of nitrogens with zero attached hydrogens (tertiary/aromatic N) is 1. The Bertz CT molecular complexity index is 402. The molecule has 0 fully saturated rings. The monoisotopic (exact) mass is 264 g/mol. The van der Waals surface area contributed by atoms with Crippen molar-refractivity contribution in [3.63, 3.8) is 0 Å². The second kappa shape index (κ2) is 6.92. The van der Waals surface area contributed by atoms with E-state index >= 15 is 0 Å². The van der Waals surface area contributed by atoms with Crippen LogP contribution in [0.15, 0.2) is 18.2 Å². The largest absolute Gasteiger partial charge is 0.496 e. The van der Waals surface area contributed by atoms with Gasteiger partial charge in [-0.25, -0.2) is 0 Å². The molecule has 19 heavy (non-hydrogen) atoms. The fourth-order valence-electron chi connectivity index (χ4n) is 2.74. The highest BCUT2D eigenvalue weighted by molar-refractivity contribution is 5.39. The van der Waals surface area contributed by atoms with E-state index in [9.17, 15) is 0 Å². The molecule has 0 saturated carbocycles.